The standard InChI is InChI=1S/C9H19NO/c1-8(2)10-5-3-9(7-10)4-6-11/h8-9,11H,3-7H2,1-2H3. The molecule has 1 saturated heterocycles. The van der Waals surface area contributed by atoms with Crippen LogP contribution in [-0.2, 0) is 0 Å². The maximum atomic E-state index is 8.73. The molecule has 1 aliphatic rings. The Bertz CT molecular complexity index is 114. The van der Waals surface area contributed by atoms with Crippen LogP contribution in [0, 0.1) is 5.92 Å². The SMILES string of the molecule is CC(C)N1CCC(CCO)C1. The predicted molar refractivity (Wildman–Crippen MR) is 46.5 cm³/mol. The molecule has 0 aromatic heterocycles. The van der Waals surface area contributed by atoms with Crippen LogP contribution in [0.25, 0.3) is 0 Å². The average molecular weight is 157 g/mol. The molecule has 1 fully saturated rings. The van der Waals surface area contributed by atoms with Crippen molar-refractivity contribution < 1.29 is 5.11 Å². The molecule has 1 unspecified atom stereocenters. The Morgan fingerprint density at radius 1 is 1.55 bits per heavy atom. The highest BCUT2D eigenvalue weighted by Gasteiger charge is 2.23. The molecular formula is C9H19NO. The fourth-order valence-corrected chi connectivity index (χ4v) is 1.75. The van der Waals surface area contributed by atoms with Crippen molar-refractivity contribution in [3.63, 3.8) is 0 Å². The minimum atomic E-state index is 0.358. The summed E-state index contributed by atoms with van der Waals surface area (Å²) in [5, 5.41) is 8.73. The zero-order chi connectivity index (χ0) is 8.27. The van der Waals surface area contributed by atoms with Crippen LogP contribution in [0.1, 0.15) is 26.7 Å². The van der Waals surface area contributed by atoms with E-state index >= 15 is 0 Å². The first-order valence-corrected chi connectivity index (χ1v) is 4.59. The Morgan fingerprint density at radius 2 is 2.27 bits per heavy atom. The van der Waals surface area contributed by atoms with Gasteiger partial charge in [0.2, 0.25) is 0 Å². The summed E-state index contributed by atoms with van der Waals surface area (Å²) in [6.07, 6.45) is 2.27. The molecule has 0 aliphatic carbocycles. The van der Waals surface area contributed by atoms with E-state index < -0.39 is 0 Å². The molecule has 1 heterocycles. The molecule has 66 valence electrons. The molecule has 1 atom stereocenters. The van der Waals surface area contributed by atoms with Gasteiger partial charge < -0.3 is 10.0 Å². The van der Waals surface area contributed by atoms with Gasteiger partial charge in [-0.3, -0.25) is 0 Å². The van der Waals surface area contributed by atoms with Crippen LogP contribution >= 0.6 is 0 Å². The lowest BCUT2D eigenvalue weighted by atomic mass is 10.1. The largest absolute Gasteiger partial charge is 0.396 e. The topological polar surface area (TPSA) is 23.5 Å². The van der Waals surface area contributed by atoms with Gasteiger partial charge in [-0.25, -0.2) is 0 Å². The van der Waals surface area contributed by atoms with Crippen molar-refractivity contribution in [2.75, 3.05) is 19.7 Å². The second kappa shape index (κ2) is 4.07. The van der Waals surface area contributed by atoms with Gasteiger partial charge in [0.25, 0.3) is 0 Å². The van der Waals surface area contributed by atoms with Crippen molar-refractivity contribution in [3.05, 3.63) is 0 Å². The van der Waals surface area contributed by atoms with Gasteiger partial charge >= 0.3 is 0 Å². The molecule has 0 radical (unpaired) electrons. The van der Waals surface area contributed by atoms with Crippen LogP contribution in [0.15, 0.2) is 0 Å². The predicted octanol–water partition coefficient (Wildman–Crippen LogP) is 1.10. The third kappa shape index (κ3) is 2.46. The van der Waals surface area contributed by atoms with Gasteiger partial charge in [0.05, 0.1) is 0 Å². The molecule has 0 spiro atoms. The van der Waals surface area contributed by atoms with Gasteiger partial charge in [0.15, 0.2) is 0 Å². The lowest BCUT2D eigenvalue weighted by Crippen LogP contribution is -2.28. The first-order chi connectivity index (χ1) is 5.24. The summed E-state index contributed by atoms with van der Waals surface area (Å²) < 4.78 is 0. The molecule has 1 aliphatic heterocycles. The number of likely N-dealkylation sites (tertiary alicyclic amines) is 1. The van der Waals surface area contributed by atoms with E-state index in [1.165, 1.54) is 19.5 Å². The summed E-state index contributed by atoms with van der Waals surface area (Å²) in [5.41, 5.74) is 0. The molecule has 0 saturated carbocycles. The first-order valence-electron chi connectivity index (χ1n) is 4.59. The van der Waals surface area contributed by atoms with Gasteiger partial charge in [-0.15, -0.1) is 0 Å². The molecule has 0 aromatic rings. The average Bonchev–Trinajstić information content (AvgIpc) is 2.37. The molecule has 0 aromatic carbocycles. The summed E-state index contributed by atoms with van der Waals surface area (Å²) in [6.45, 7) is 7.25. The number of aliphatic hydroxyl groups excluding tert-OH is 1. The Kier molecular flexibility index (Phi) is 3.34. The minimum absolute atomic E-state index is 0.358. The number of aliphatic hydroxyl groups is 1. The quantitative estimate of drug-likeness (QED) is 0.663. The summed E-state index contributed by atoms with van der Waals surface area (Å²) in [7, 11) is 0. The number of nitrogens with zero attached hydrogens (tertiary/aromatic N) is 1. The fraction of sp³-hybridized carbons (Fsp3) is 1.00. The monoisotopic (exact) mass is 157 g/mol. The smallest absolute Gasteiger partial charge is 0.0434 e. The Hall–Kier alpha value is -0.0800. The molecule has 11 heavy (non-hydrogen) atoms. The molecule has 2 heteroatoms. The Morgan fingerprint density at radius 3 is 2.73 bits per heavy atom. The van der Waals surface area contributed by atoms with Gasteiger partial charge in [-0.1, -0.05) is 0 Å². The maximum Gasteiger partial charge on any atom is 0.0434 e. The van der Waals surface area contributed by atoms with E-state index in [1.54, 1.807) is 0 Å². The number of hydrogen-bond donors (Lipinski definition) is 1. The van der Waals surface area contributed by atoms with Crippen LogP contribution in [0.4, 0.5) is 0 Å². The van der Waals surface area contributed by atoms with E-state index in [1.807, 2.05) is 0 Å². The highest BCUT2D eigenvalue weighted by Crippen LogP contribution is 2.20. The van der Waals surface area contributed by atoms with Crippen LogP contribution in [0.5, 0.6) is 0 Å². The van der Waals surface area contributed by atoms with Crippen molar-refractivity contribution >= 4 is 0 Å². The van der Waals surface area contributed by atoms with Gasteiger partial charge in [-0.2, -0.15) is 0 Å². The van der Waals surface area contributed by atoms with Gasteiger partial charge in [0, 0.05) is 19.2 Å². The lowest BCUT2D eigenvalue weighted by Gasteiger charge is -2.19. The van der Waals surface area contributed by atoms with Gasteiger partial charge in [-0.05, 0) is 39.2 Å². The summed E-state index contributed by atoms with van der Waals surface area (Å²) in [4.78, 5) is 2.49. The summed E-state index contributed by atoms with van der Waals surface area (Å²) in [5.74, 6) is 0.752. The second-order valence-electron chi connectivity index (χ2n) is 3.76. The van der Waals surface area contributed by atoms with Gasteiger partial charge in [0.1, 0.15) is 0 Å². The summed E-state index contributed by atoms with van der Waals surface area (Å²) in [6, 6.07) is 0.679. The van der Waals surface area contributed by atoms with Crippen molar-refractivity contribution in [2.45, 2.75) is 32.7 Å². The molecule has 0 bridgehead atoms. The van der Waals surface area contributed by atoms with Crippen molar-refractivity contribution in [1.29, 1.82) is 0 Å². The van der Waals surface area contributed by atoms with E-state index in [-0.39, 0.29) is 0 Å². The maximum absolute atomic E-state index is 8.73. The Balaban J connectivity index is 2.23. The minimum Gasteiger partial charge on any atom is -0.396 e. The van der Waals surface area contributed by atoms with Crippen molar-refractivity contribution in [3.8, 4) is 0 Å². The van der Waals surface area contributed by atoms with Crippen LogP contribution in [0.3, 0.4) is 0 Å². The van der Waals surface area contributed by atoms with Crippen LogP contribution in [0.2, 0.25) is 0 Å². The normalized spacial score (nSPS) is 26.7. The fourth-order valence-electron chi connectivity index (χ4n) is 1.75. The molecule has 1 N–H and O–H groups in total. The highest BCUT2D eigenvalue weighted by molar-refractivity contribution is 4.77. The van der Waals surface area contributed by atoms with E-state index in [9.17, 15) is 0 Å². The summed E-state index contributed by atoms with van der Waals surface area (Å²) >= 11 is 0. The van der Waals surface area contributed by atoms with E-state index in [0.29, 0.717) is 12.6 Å². The zero-order valence-corrected chi connectivity index (χ0v) is 7.58. The van der Waals surface area contributed by atoms with E-state index in [0.717, 1.165) is 12.3 Å². The third-order valence-electron chi connectivity index (χ3n) is 2.58. The molecular weight excluding hydrogens is 138 g/mol. The lowest BCUT2D eigenvalue weighted by molar-refractivity contribution is 0.235. The van der Waals surface area contributed by atoms with Crippen molar-refractivity contribution in [1.82, 2.24) is 4.90 Å². The van der Waals surface area contributed by atoms with Crippen LogP contribution < -0.4 is 0 Å². The molecule has 2 nitrogen and oxygen atoms in total. The van der Waals surface area contributed by atoms with Crippen LogP contribution in [-0.4, -0.2) is 35.7 Å². The van der Waals surface area contributed by atoms with E-state index in [2.05, 4.69) is 18.7 Å². The zero-order valence-electron chi connectivity index (χ0n) is 7.58. The number of rotatable bonds is 3. The second-order valence-corrected chi connectivity index (χ2v) is 3.76. The third-order valence-corrected chi connectivity index (χ3v) is 2.58. The van der Waals surface area contributed by atoms with E-state index in [4.69, 9.17) is 5.11 Å². The molecule has 0 amide bonds. The van der Waals surface area contributed by atoms with Crippen molar-refractivity contribution in [2.24, 2.45) is 5.92 Å². The number of hydrogen-bond acceptors (Lipinski definition) is 2. The first kappa shape index (κ1) is 9.01. The Labute approximate surface area is 69.2 Å². The highest BCUT2D eigenvalue weighted by atomic mass is 16.3. The molecule has 1 rings (SSSR count).